The summed E-state index contributed by atoms with van der Waals surface area (Å²) in [6.07, 6.45) is 9.48. The molecule has 3 atom stereocenters. The Morgan fingerprint density at radius 2 is 2.14 bits per heavy atom. The zero-order valence-electron chi connectivity index (χ0n) is 13.3. The molecule has 3 unspecified atom stereocenters. The summed E-state index contributed by atoms with van der Waals surface area (Å²) in [7, 11) is 0. The van der Waals surface area contributed by atoms with E-state index >= 15 is 0 Å². The van der Waals surface area contributed by atoms with E-state index in [1.165, 1.54) is 56.4 Å². The molecule has 0 spiro atoms. The van der Waals surface area contributed by atoms with Gasteiger partial charge in [0.15, 0.2) is 0 Å². The van der Waals surface area contributed by atoms with Crippen LogP contribution in [0.5, 0.6) is 0 Å². The van der Waals surface area contributed by atoms with Crippen molar-refractivity contribution in [3.05, 3.63) is 22.4 Å². The van der Waals surface area contributed by atoms with Gasteiger partial charge >= 0.3 is 0 Å². The molecule has 2 saturated carbocycles. The van der Waals surface area contributed by atoms with Gasteiger partial charge in [0.25, 0.3) is 0 Å². The maximum absolute atomic E-state index is 6.46. The minimum atomic E-state index is 0.433. The highest BCUT2D eigenvalue weighted by molar-refractivity contribution is 7.09. The van der Waals surface area contributed by atoms with Crippen LogP contribution < -0.4 is 5.73 Å². The van der Waals surface area contributed by atoms with E-state index in [2.05, 4.69) is 29.3 Å². The quantitative estimate of drug-likeness (QED) is 0.815. The molecular weight excluding hydrogens is 276 g/mol. The monoisotopic (exact) mass is 306 g/mol. The van der Waals surface area contributed by atoms with E-state index in [0.717, 1.165) is 24.4 Å². The molecule has 0 saturated heterocycles. The summed E-state index contributed by atoms with van der Waals surface area (Å²) in [5.41, 5.74) is 6.46. The number of nitrogens with zero attached hydrogens (tertiary/aromatic N) is 1. The fraction of sp³-hybridized carbons (Fsp3) is 0.778. The molecule has 3 heteroatoms. The second-order valence-corrected chi connectivity index (χ2v) is 8.16. The van der Waals surface area contributed by atoms with Crippen LogP contribution in [-0.4, -0.2) is 23.5 Å². The molecule has 0 aliphatic heterocycles. The van der Waals surface area contributed by atoms with E-state index in [1.807, 2.05) is 11.3 Å². The van der Waals surface area contributed by atoms with Crippen molar-refractivity contribution >= 4 is 11.3 Å². The second-order valence-electron chi connectivity index (χ2n) is 7.13. The van der Waals surface area contributed by atoms with Gasteiger partial charge in [-0.2, -0.15) is 0 Å². The Morgan fingerprint density at radius 1 is 1.29 bits per heavy atom. The summed E-state index contributed by atoms with van der Waals surface area (Å²) in [6, 6.07) is 5.73. The average Bonchev–Trinajstić information content (AvgIpc) is 3.20. The number of hydrogen-bond donors (Lipinski definition) is 1. The van der Waals surface area contributed by atoms with Gasteiger partial charge in [0.05, 0.1) is 0 Å². The first-order valence-electron chi connectivity index (χ1n) is 8.78. The minimum absolute atomic E-state index is 0.433. The largest absolute Gasteiger partial charge is 0.327 e. The van der Waals surface area contributed by atoms with Gasteiger partial charge in [-0.05, 0) is 55.4 Å². The number of hydrogen-bond acceptors (Lipinski definition) is 3. The van der Waals surface area contributed by atoms with Crippen molar-refractivity contribution < 1.29 is 0 Å². The highest BCUT2D eigenvalue weighted by Gasteiger charge is 2.34. The van der Waals surface area contributed by atoms with E-state index < -0.39 is 0 Å². The normalized spacial score (nSPS) is 30.0. The summed E-state index contributed by atoms with van der Waals surface area (Å²) >= 11 is 1.90. The van der Waals surface area contributed by atoms with E-state index in [9.17, 15) is 0 Å². The second kappa shape index (κ2) is 7.26. The lowest BCUT2D eigenvalue weighted by Crippen LogP contribution is -2.43. The van der Waals surface area contributed by atoms with Crippen molar-refractivity contribution in [3.8, 4) is 0 Å². The van der Waals surface area contributed by atoms with Crippen molar-refractivity contribution in [1.29, 1.82) is 0 Å². The first-order chi connectivity index (χ1) is 10.3. The smallest absolute Gasteiger partial charge is 0.0330 e. The van der Waals surface area contributed by atoms with Gasteiger partial charge in [-0.15, -0.1) is 11.3 Å². The van der Waals surface area contributed by atoms with Crippen LogP contribution >= 0.6 is 11.3 Å². The van der Waals surface area contributed by atoms with E-state index in [0.29, 0.717) is 6.04 Å². The van der Waals surface area contributed by atoms with Crippen molar-refractivity contribution in [3.63, 3.8) is 0 Å². The van der Waals surface area contributed by atoms with Gasteiger partial charge in [-0.1, -0.05) is 25.8 Å². The molecule has 118 valence electrons. The van der Waals surface area contributed by atoms with Crippen molar-refractivity contribution in [2.75, 3.05) is 6.54 Å². The Balaban J connectivity index is 1.58. The topological polar surface area (TPSA) is 29.3 Å². The molecule has 21 heavy (non-hydrogen) atoms. The lowest BCUT2D eigenvalue weighted by Gasteiger charge is -2.37. The summed E-state index contributed by atoms with van der Waals surface area (Å²) < 4.78 is 0. The van der Waals surface area contributed by atoms with Crippen LogP contribution in [-0.2, 0) is 6.54 Å². The summed E-state index contributed by atoms with van der Waals surface area (Å²) in [5.74, 6) is 1.65. The number of rotatable bonds is 7. The highest BCUT2D eigenvalue weighted by atomic mass is 32.1. The third-order valence-electron chi connectivity index (χ3n) is 5.32. The first kappa shape index (κ1) is 15.5. The predicted molar refractivity (Wildman–Crippen MR) is 91.5 cm³/mol. The Bertz CT molecular complexity index is 413. The molecule has 3 rings (SSSR count). The Hall–Kier alpha value is -0.380. The highest BCUT2D eigenvalue weighted by Crippen LogP contribution is 2.35. The molecule has 2 fully saturated rings. The van der Waals surface area contributed by atoms with E-state index in [-0.39, 0.29) is 0 Å². The van der Waals surface area contributed by atoms with Crippen molar-refractivity contribution in [2.24, 2.45) is 17.6 Å². The van der Waals surface area contributed by atoms with Crippen LogP contribution in [0.15, 0.2) is 17.5 Å². The third-order valence-corrected chi connectivity index (χ3v) is 6.18. The van der Waals surface area contributed by atoms with E-state index in [1.54, 1.807) is 0 Å². The molecular formula is C18H30N2S. The van der Waals surface area contributed by atoms with Crippen LogP contribution in [0.2, 0.25) is 0 Å². The number of thiophene rings is 1. The van der Waals surface area contributed by atoms with Gasteiger partial charge in [0.2, 0.25) is 0 Å². The zero-order valence-corrected chi connectivity index (χ0v) is 14.2. The standard InChI is InChI=1S/C18H30N2S/c1-2-4-14-6-9-18(19)15(11-14)12-20(16-7-8-16)13-17-5-3-10-21-17/h3,5,10,14-16,18H,2,4,6-9,11-13,19H2,1H3. The molecule has 0 aromatic carbocycles. The van der Waals surface area contributed by atoms with Crippen LogP contribution in [0.25, 0.3) is 0 Å². The maximum atomic E-state index is 6.46. The average molecular weight is 307 g/mol. The fourth-order valence-corrected chi connectivity index (χ4v) is 4.68. The molecule has 1 heterocycles. The first-order valence-corrected chi connectivity index (χ1v) is 9.66. The van der Waals surface area contributed by atoms with Crippen LogP contribution in [0, 0.1) is 11.8 Å². The molecule has 0 bridgehead atoms. The lowest BCUT2D eigenvalue weighted by molar-refractivity contribution is 0.142. The molecule has 0 amide bonds. The Kier molecular flexibility index (Phi) is 5.36. The van der Waals surface area contributed by atoms with Gasteiger partial charge in [-0.3, -0.25) is 4.90 Å². The number of nitrogens with two attached hydrogens (primary N) is 1. The van der Waals surface area contributed by atoms with Crippen molar-refractivity contribution in [2.45, 2.75) is 70.5 Å². The Labute approximate surface area is 133 Å². The van der Waals surface area contributed by atoms with Crippen LogP contribution in [0.4, 0.5) is 0 Å². The predicted octanol–water partition coefficient (Wildman–Crippen LogP) is 4.26. The molecule has 2 aliphatic carbocycles. The van der Waals surface area contributed by atoms with Crippen LogP contribution in [0.3, 0.4) is 0 Å². The van der Waals surface area contributed by atoms with Gasteiger partial charge < -0.3 is 5.73 Å². The van der Waals surface area contributed by atoms with Crippen LogP contribution in [0.1, 0.15) is 56.7 Å². The molecule has 2 aliphatic rings. The SMILES string of the molecule is CCCC1CCC(N)C(CN(Cc2cccs2)C2CC2)C1. The maximum Gasteiger partial charge on any atom is 0.0330 e. The third kappa shape index (κ3) is 4.30. The van der Waals surface area contributed by atoms with Gasteiger partial charge in [0, 0.05) is 30.1 Å². The molecule has 0 radical (unpaired) electrons. The van der Waals surface area contributed by atoms with E-state index in [4.69, 9.17) is 5.73 Å². The Morgan fingerprint density at radius 3 is 2.81 bits per heavy atom. The molecule has 1 aromatic heterocycles. The summed E-state index contributed by atoms with van der Waals surface area (Å²) in [5, 5.41) is 2.20. The summed E-state index contributed by atoms with van der Waals surface area (Å²) in [4.78, 5) is 4.24. The zero-order chi connectivity index (χ0) is 14.7. The van der Waals surface area contributed by atoms with Gasteiger partial charge in [0.1, 0.15) is 0 Å². The fourth-order valence-electron chi connectivity index (χ4n) is 3.95. The molecule has 2 nitrogen and oxygen atoms in total. The molecule has 2 N–H and O–H groups in total. The minimum Gasteiger partial charge on any atom is -0.327 e. The molecule has 1 aromatic rings. The summed E-state index contributed by atoms with van der Waals surface area (Å²) in [6.45, 7) is 4.69. The lowest BCUT2D eigenvalue weighted by atomic mass is 9.76. The van der Waals surface area contributed by atoms with Crippen molar-refractivity contribution in [1.82, 2.24) is 4.90 Å². The van der Waals surface area contributed by atoms with Gasteiger partial charge in [-0.25, -0.2) is 0 Å².